The zero-order chi connectivity index (χ0) is 12.4. The highest BCUT2D eigenvalue weighted by atomic mass is 79.9. The summed E-state index contributed by atoms with van der Waals surface area (Å²) in [6.07, 6.45) is 1.70. The number of ether oxygens (including phenoxy) is 1. The molecule has 0 radical (unpaired) electrons. The lowest BCUT2D eigenvalue weighted by Gasteiger charge is -2.09. The third kappa shape index (κ3) is 2.82. The van der Waals surface area contributed by atoms with E-state index in [0.29, 0.717) is 11.6 Å². The number of rotatable bonds is 2. The molecule has 2 rings (SSSR count). The molecule has 0 saturated carbocycles. The number of halogens is 2. The maximum Gasteiger partial charge on any atom is 0.233 e. The van der Waals surface area contributed by atoms with Crippen LogP contribution in [0.3, 0.4) is 0 Å². The lowest BCUT2D eigenvalue weighted by atomic mass is 10.2. The van der Waals surface area contributed by atoms with Crippen LogP contribution in [0.25, 0.3) is 0 Å². The molecule has 0 aliphatic carbocycles. The smallest absolute Gasteiger partial charge is 0.233 e. The van der Waals surface area contributed by atoms with Crippen LogP contribution in [0.2, 0.25) is 0 Å². The molecule has 0 spiro atoms. The van der Waals surface area contributed by atoms with Gasteiger partial charge in [-0.05, 0) is 53.0 Å². The molecule has 17 heavy (non-hydrogen) atoms. The number of aryl methyl sites for hydroxylation is 2. The second-order valence-corrected chi connectivity index (χ2v) is 4.67. The van der Waals surface area contributed by atoms with E-state index in [1.165, 1.54) is 12.1 Å². The van der Waals surface area contributed by atoms with Crippen molar-refractivity contribution in [3.05, 3.63) is 51.9 Å². The minimum atomic E-state index is -0.325. The number of hydrogen-bond acceptors (Lipinski definition) is 2. The number of benzene rings is 1. The third-order valence-corrected chi connectivity index (χ3v) is 2.87. The van der Waals surface area contributed by atoms with Crippen LogP contribution >= 0.6 is 15.9 Å². The van der Waals surface area contributed by atoms with E-state index in [9.17, 15) is 4.39 Å². The largest absolute Gasteiger partial charge is 0.437 e. The van der Waals surface area contributed by atoms with Crippen molar-refractivity contribution in [2.75, 3.05) is 0 Å². The summed E-state index contributed by atoms with van der Waals surface area (Å²) in [6, 6.07) is 6.33. The lowest BCUT2D eigenvalue weighted by molar-refractivity contribution is 0.451. The summed E-state index contributed by atoms with van der Waals surface area (Å²) in [5.41, 5.74) is 1.89. The molecule has 0 amide bonds. The first-order valence-corrected chi connectivity index (χ1v) is 5.92. The van der Waals surface area contributed by atoms with Crippen molar-refractivity contribution >= 4 is 15.9 Å². The van der Waals surface area contributed by atoms with Crippen molar-refractivity contribution in [3.63, 3.8) is 0 Å². The van der Waals surface area contributed by atoms with Gasteiger partial charge in [0.05, 0.1) is 4.47 Å². The summed E-state index contributed by atoms with van der Waals surface area (Å²) in [6.45, 7) is 3.80. The maximum atomic E-state index is 13.1. The molecule has 88 valence electrons. The molecule has 0 fully saturated rings. The standard InChI is InChI=1S/C13H11BrFNO/c1-8-5-11(14)13(16-7-8)17-12-6-10(15)4-3-9(12)2/h3-7H,1-2H3. The molecule has 1 aromatic heterocycles. The Morgan fingerprint density at radius 1 is 1.24 bits per heavy atom. The van der Waals surface area contributed by atoms with Gasteiger partial charge in [0.2, 0.25) is 5.88 Å². The Morgan fingerprint density at radius 3 is 2.71 bits per heavy atom. The van der Waals surface area contributed by atoms with Gasteiger partial charge in [0, 0.05) is 12.3 Å². The van der Waals surface area contributed by atoms with Gasteiger partial charge in [0.1, 0.15) is 11.6 Å². The molecule has 0 saturated heterocycles. The van der Waals surface area contributed by atoms with E-state index in [-0.39, 0.29) is 5.82 Å². The lowest BCUT2D eigenvalue weighted by Crippen LogP contribution is -1.92. The van der Waals surface area contributed by atoms with Crippen molar-refractivity contribution in [2.24, 2.45) is 0 Å². The molecule has 2 nitrogen and oxygen atoms in total. The fraction of sp³-hybridized carbons (Fsp3) is 0.154. The van der Waals surface area contributed by atoms with Crippen LogP contribution in [0.5, 0.6) is 11.6 Å². The van der Waals surface area contributed by atoms with Gasteiger partial charge >= 0.3 is 0 Å². The van der Waals surface area contributed by atoms with Gasteiger partial charge in [-0.2, -0.15) is 0 Å². The maximum absolute atomic E-state index is 13.1. The minimum Gasteiger partial charge on any atom is -0.437 e. The summed E-state index contributed by atoms with van der Waals surface area (Å²) in [5, 5.41) is 0. The first kappa shape index (κ1) is 12.0. The number of pyridine rings is 1. The molecule has 0 unspecified atom stereocenters. The first-order valence-electron chi connectivity index (χ1n) is 5.12. The van der Waals surface area contributed by atoms with E-state index in [4.69, 9.17) is 4.74 Å². The quantitative estimate of drug-likeness (QED) is 0.820. The first-order chi connectivity index (χ1) is 8.06. The van der Waals surface area contributed by atoms with E-state index in [1.54, 1.807) is 12.3 Å². The van der Waals surface area contributed by atoms with Gasteiger partial charge in [-0.25, -0.2) is 9.37 Å². The Labute approximate surface area is 108 Å². The normalized spacial score (nSPS) is 10.4. The van der Waals surface area contributed by atoms with Crippen molar-refractivity contribution < 1.29 is 9.13 Å². The predicted octanol–water partition coefficient (Wildman–Crippen LogP) is 4.39. The Hall–Kier alpha value is -1.42. The molecule has 4 heteroatoms. The van der Waals surface area contributed by atoms with E-state index >= 15 is 0 Å². The van der Waals surface area contributed by atoms with Crippen LogP contribution in [-0.4, -0.2) is 4.98 Å². The fourth-order valence-electron chi connectivity index (χ4n) is 1.38. The molecule has 0 bridgehead atoms. The van der Waals surface area contributed by atoms with Crippen LogP contribution in [0.15, 0.2) is 34.9 Å². The number of aromatic nitrogens is 1. The van der Waals surface area contributed by atoms with Crippen molar-refractivity contribution in [1.82, 2.24) is 4.98 Å². The Morgan fingerprint density at radius 2 is 2.00 bits per heavy atom. The van der Waals surface area contributed by atoms with Crippen LogP contribution in [-0.2, 0) is 0 Å². The van der Waals surface area contributed by atoms with Gasteiger partial charge in [-0.3, -0.25) is 0 Å². The Bertz CT molecular complexity index is 557. The summed E-state index contributed by atoms with van der Waals surface area (Å²) in [7, 11) is 0. The van der Waals surface area contributed by atoms with Gasteiger partial charge in [0.25, 0.3) is 0 Å². The van der Waals surface area contributed by atoms with Crippen LogP contribution in [0, 0.1) is 19.7 Å². The van der Waals surface area contributed by atoms with E-state index in [2.05, 4.69) is 20.9 Å². The highest BCUT2D eigenvalue weighted by Crippen LogP contribution is 2.30. The molecule has 2 aromatic rings. The van der Waals surface area contributed by atoms with Gasteiger partial charge < -0.3 is 4.74 Å². The average Bonchev–Trinajstić information content (AvgIpc) is 2.27. The Balaban J connectivity index is 2.34. The summed E-state index contributed by atoms with van der Waals surface area (Å²) in [5.74, 6) is 0.584. The highest BCUT2D eigenvalue weighted by molar-refractivity contribution is 9.10. The SMILES string of the molecule is Cc1cnc(Oc2cc(F)ccc2C)c(Br)c1. The van der Waals surface area contributed by atoms with Gasteiger partial charge in [0.15, 0.2) is 0 Å². The third-order valence-electron chi connectivity index (χ3n) is 2.30. The Kier molecular flexibility index (Phi) is 3.43. The molecule has 1 heterocycles. The number of hydrogen-bond donors (Lipinski definition) is 0. The van der Waals surface area contributed by atoms with Crippen molar-refractivity contribution in [3.8, 4) is 11.6 Å². The average molecular weight is 296 g/mol. The van der Waals surface area contributed by atoms with Crippen LogP contribution in [0.1, 0.15) is 11.1 Å². The molecule has 1 aromatic carbocycles. The molecule has 0 atom stereocenters. The van der Waals surface area contributed by atoms with E-state index in [0.717, 1.165) is 15.6 Å². The van der Waals surface area contributed by atoms with Gasteiger partial charge in [-0.1, -0.05) is 6.07 Å². The summed E-state index contributed by atoms with van der Waals surface area (Å²) >= 11 is 3.37. The molecular weight excluding hydrogens is 285 g/mol. The summed E-state index contributed by atoms with van der Waals surface area (Å²) in [4.78, 5) is 4.15. The molecule has 0 aliphatic rings. The van der Waals surface area contributed by atoms with Crippen LogP contribution < -0.4 is 4.74 Å². The van der Waals surface area contributed by atoms with E-state index < -0.39 is 0 Å². The molecule has 0 N–H and O–H groups in total. The zero-order valence-corrected chi connectivity index (χ0v) is 11.1. The minimum absolute atomic E-state index is 0.325. The zero-order valence-electron chi connectivity index (χ0n) is 9.50. The predicted molar refractivity (Wildman–Crippen MR) is 67.9 cm³/mol. The summed E-state index contributed by atoms with van der Waals surface area (Å²) < 4.78 is 19.4. The van der Waals surface area contributed by atoms with Crippen molar-refractivity contribution in [2.45, 2.75) is 13.8 Å². The molecule has 0 aliphatic heterocycles. The van der Waals surface area contributed by atoms with Crippen molar-refractivity contribution in [1.29, 1.82) is 0 Å². The fourth-order valence-corrected chi connectivity index (χ4v) is 1.93. The van der Waals surface area contributed by atoms with E-state index in [1.807, 2.05) is 19.9 Å². The highest BCUT2D eigenvalue weighted by Gasteiger charge is 2.07. The number of nitrogens with zero attached hydrogens (tertiary/aromatic N) is 1. The monoisotopic (exact) mass is 295 g/mol. The van der Waals surface area contributed by atoms with Crippen LogP contribution in [0.4, 0.5) is 4.39 Å². The second kappa shape index (κ2) is 4.84. The molecular formula is C13H11BrFNO. The topological polar surface area (TPSA) is 22.1 Å². The second-order valence-electron chi connectivity index (χ2n) is 3.81. The van der Waals surface area contributed by atoms with Gasteiger partial charge in [-0.15, -0.1) is 0 Å².